The molecule has 0 spiro atoms. The van der Waals surface area contributed by atoms with Crippen LogP contribution in [0.1, 0.15) is 25.5 Å². The van der Waals surface area contributed by atoms with Crippen LogP contribution in [0.15, 0.2) is 24.3 Å². The Labute approximate surface area is 129 Å². The van der Waals surface area contributed by atoms with Crippen molar-refractivity contribution in [1.82, 2.24) is 5.32 Å². The third kappa shape index (κ3) is 5.33. The van der Waals surface area contributed by atoms with E-state index in [1.54, 1.807) is 6.07 Å². The van der Waals surface area contributed by atoms with Crippen LogP contribution in [0.4, 0.5) is 0 Å². The summed E-state index contributed by atoms with van der Waals surface area (Å²) in [6, 6.07) is 3.71. The molecule has 0 radical (unpaired) electrons. The molecule has 0 saturated carbocycles. The van der Waals surface area contributed by atoms with Gasteiger partial charge in [-0.1, -0.05) is 53.0 Å². The van der Waals surface area contributed by atoms with Gasteiger partial charge in [0.2, 0.25) is 0 Å². The molecule has 2 nitrogen and oxygen atoms in total. The summed E-state index contributed by atoms with van der Waals surface area (Å²) < 4.78 is 5.41. The SMILES string of the molecule is C=C(C)COCCNC(C)c1ccc(Cl)c(Cl)c1Cl. The van der Waals surface area contributed by atoms with Gasteiger partial charge in [0, 0.05) is 12.6 Å². The second-order valence-corrected chi connectivity index (χ2v) is 5.61. The normalized spacial score (nSPS) is 12.5. The smallest absolute Gasteiger partial charge is 0.0781 e. The molecule has 0 amide bonds. The van der Waals surface area contributed by atoms with Crippen molar-refractivity contribution in [1.29, 1.82) is 0 Å². The molecule has 1 aromatic rings. The molecule has 106 valence electrons. The maximum Gasteiger partial charge on any atom is 0.0781 e. The fraction of sp³-hybridized carbons (Fsp3) is 0.429. The number of nitrogens with one attached hydrogen (secondary N) is 1. The Balaban J connectivity index is 2.48. The van der Waals surface area contributed by atoms with Gasteiger partial charge in [0.15, 0.2) is 0 Å². The number of hydrogen-bond donors (Lipinski definition) is 1. The molecule has 0 aliphatic carbocycles. The van der Waals surface area contributed by atoms with Gasteiger partial charge in [-0.15, -0.1) is 0 Å². The summed E-state index contributed by atoms with van der Waals surface area (Å²) in [6.45, 7) is 9.66. The molecule has 5 heteroatoms. The van der Waals surface area contributed by atoms with Gasteiger partial charge in [0.05, 0.1) is 28.3 Å². The van der Waals surface area contributed by atoms with Gasteiger partial charge in [-0.25, -0.2) is 0 Å². The van der Waals surface area contributed by atoms with Crippen LogP contribution in [0.3, 0.4) is 0 Å². The summed E-state index contributed by atoms with van der Waals surface area (Å²) in [5.74, 6) is 0. The van der Waals surface area contributed by atoms with Crippen molar-refractivity contribution in [3.63, 3.8) is 0 Å². The Kier molecular flexibility index (Phi) is 7.19. The van der Waals surface area contributed by atoms with E-state index < -0.39 is 0 Å². The van der Waals surface area contributed by atoms with Crippen molar-refractivity contribution in [2.45, 2.75) is 19.9 Å². The van der Waals surface area contributed by atoms with E-state index in [0.29, 0.717) is 28.3 Å². The summed E-state index contributed by atoms with van der Waals surface area (Å²) >= 11 is 18.1. The highest BCUT2D eigenvalue weighted by Crippen LogP contribution is 2.35. The second kappa shape index (κ2) is 8.13. The standard InChI is InChI=1S/C14H18Cl3NO/c1-9(2)8-19-7-6-18-10(3)11-4-5-12(15)14(17)13(11)16/h4-5,10,18H,1,6-8H2,2-3H3. The molecule has 1 unspecified atom stereocenters. The summed E-state index contributed by atoms with van der Waals surface area (Å²) in [5, 5.41) is 4.68. The van der Waals surface area contributed by atoms with E-state index in [1.165, 1.54) is 0 Å². The maximum absolute atomic E-state index is 6.18. The van der Waals surface area contributed by atoms with Gasteiger partial charge >= 0.3 is 0 Å². The van der Waals surface area contributed by atoms with Gasteiger partial charge in [0.1, 0.15) is 0 Å². The molecule has 1 N–H and O–H groups in total. The Morgan fingerprint density at radius 2 is 2.00 bits per heavy atom. The predicted octanol–water partition coefficient (Wildman–Crippen LogP) is 4.89. The van der Waals surface area contributed by atoms with Crippen LogP contribution in [0.5, 0.6) is 0 Å². The molecule has 1 aromatic carbocycles. The number of halogens is 3. The zero-order valence-electron chi connectivity index (χ0n) is 11.1. The molecule has 0 aliphatic heterocycles. The Morgan fingerprint density at radius 3 is 2.63 bits per heavy atom. The lowest BCUT2D eigenvalue weighted by atomic mass is 10.1. The molecule has 0 bridgehead atoms. The monoisotopic (exact) mass is 321 g/mol. The lowest BCUT2D eigenvalue weighted by molar-refractivity contribution is 0.156. The molecule has 0 heterocycles. The molecule has 0 fully saturated rings. The average molecular weight is 323 g/mol. The summed E-state index contributed by atoms with van der Waals surface area (Å²) in [6.07, 6.45) is 0. The highest BCUT2D eigenvalue weighted by molar-refractivity contribution is 6.48. The highest BCUT2D eigenvalue weighted by Gasteiger charge is 2.13. The van der Waals surface area contributed by atoms with Crippen molar-refractivity contribution >= 4 is 34.8 Å². The van der Waals surface area contributed by atoms with Crippen molar-refractivity contribution < 1.29 is 4.74 Å². The fourth-order valence-corrected chi connectivity index (χ4v) is 2.29. The first-order valence-corrected chi connectivity index (χ1v) is 7.15. The molecular weight excluding hydrogens is 305 g/mol. The molecule has 0 saturated heterocycles. The molecule has 0 aromatic heterocycles. The Bertz CT molecular complexity index is 449. The minimum atomic E-state index is 0.0793. The first kappa shape index (κ1) is 16.8. The van der Waals surface area contributed by atoms with Crippen LogP contribution in [0.25, 0.3) is 0 Å². The van der Waals surface area contributed by atoms with Crippen LogP contribution < -0.4 is 5.32 Å². The second-order valence-electron chi connectivity index (χ2n) is 4.45. The van der Waals surface area contributed by atoms with E-state index in [0.717, 1.165) is 17.7 Å². The summed E-state index contributed by atoms with van der Waals surface area (Å²) in [7, 11) is 0. The molecule has 0 aliphatic rings. The predicted molar refractivity (Wildman–Crippen MR) is 83.5 cm³/mol. The lowest BCUT2D eigenvalue weighted by Gasteiger charge is -2.17. The zero-order valence-corrected chi connectivity index (χ0v) is 13.4. The minimum absolute atomic E-state index is 0.0793. The van der Waals surface area contributed by atoms with Gasteiger partial charge in [-0.3, -0.25) is 0 Å². The van der Waals surface area contributed by atoms with Crippen LogP contribution in [-0.4, -0.2) is 19.8 Å². The van der Waals surface area contributed by atoms with Crippen molar-refractivity contribution in [2.24, 2.45) is 0 Å². The first-order chi connectivity index (χ1) is 8.93. The Morgan fingerprint density at radius 1 is 1.32 bits per heavy atom. The summed E-state index contributed by atoms with van der Waals surface area (Å²) in [4.78, 5) is 0. The van der Waals surface area contributed by atoms with E-state index in [-0.39, 0.29) is 6.04 Å². The highest BCUT2D eigenvalue weighted by atomic mass is 35.5. The van der Waals surface area contributed by atoms with Crippen LogP contribution >= 0.6 is 34.8 Å². The Hall–Kier alpha value is -0.250. The van der Waals surface area contributed by atoms with Gasteiger partial charge < -0.3 is 10.1 Å². The van der Waals surface area contributed by atoms with E-state index in [4.69, 9.17) is 39.5 Å². The zero-order chi connectivity index (χ0) is 14.4. The topological polar surface area (TPSA) is 21.3 Å². The van der Waals surface area contributed by atoms with Gasteiger partial charge in [-0.2, -0.15) is 0 Å². The van der Waals surface area contributed by atoms with E-state index in [1.807, 2.05) is 19.9 Å². The lowest BCUT2D eigenvalue weighted by Crippen LogP contribution is -2.23. The maximum atomic E-state index is 6.18. The van der Waals surface area contributed by atoms with E-state index in [9.17, 15) is 0 Å². The van der Waals surface area contributed by atoms with Gasteiger partial charge in [0.25, 0.3) is 0 Å². The van der Waals surface area contributed by atoms with Crippen molar-refractivity contribution in [3.8, 4) is 0 Å². The first-order valence-electron chi connectivity index (χ1n) is 6.02. The molecule has 19 heavy (non-hydrogen) atoms. The third-order valence-electron chi connectivity index (χ3n) is 2.58. The average Bonchev–Trinajstić information content (AvgIpc) is 2.35. The largest absolute Gasteiger partial charge is 0.376 e. The number of ether oxygens (including phenoxy) is 1. The number of hydrogen-bond acceptors (Lipinski definition) is 2. The van der Waals surface area contributed by atoms with Crippen LogP contribution in [0.2, 0.25) is 15.1 Å². The van der Waals surface area contributed by atoms with E-state index in [2.05, 4.69) is 11.9 Å². The molecule has 1 rings (SSSR count). The number of benzene rings is 1. The molecule has 1 atom stereocenters. The van der Waals surface area contributed by atoms with E-state index >= 15 is 0 Å². The minimum Gasteiger partial charge on any atom is -0.376 e. The van der Waals surface area contributed by atoms with Crippen molar-refractivity contribution in [3.05, 3.63) is 44.9 Å². The quantitative estimate of drug-likeness (QED) is 0.438. The summed E-state index contributed by atoms with van der Waals surface area (Å²) in [5.41, 5.74) is 1.94. The van der Waals surface area contributed by atoms with Crippen LogP contribution in [-0.2, 0) is 4.74 Å². The molecular formula is C14H18Cl3NO. The van der Waals surface area contributed by atoms with Crippen molar-refractivity contribution in [2.75, 3.05) is 19.8 Å². The third-order valence-corrected chi connectivity index (χ3v) is 3.89. The van der Waals surface area contributed by atoms with Crippen LogP contribution in [0, 0.1) is 0 Å². The van der Waals surface area contributed by atoms with Gasteiger partial charge in [-0.05, 0) is 25.5 Å². The number of rotatable bonds is 7. The fourth-order valence-electron chi connectivity index (χ4n) is 1.58.